The minimum atomic E-state index is -1.88. The van der Waals surface area contributed by atoms with Crippen molar-refractivity contribution in [1.82, 2.24) is 15.1 Å². The second-order valence-corrected chi connectivity index (χ2v) is 11.4. The molecular weight excluding hydrogens is 489 g/mol. The maximum absolute atomic E-state index is 15.6. The number of ether oxygens (including phenoxy) is 2. The number of nitrogens with zero attached hydrogens (tertiary/aromatic N) is 2. The third kappa shape index (κ3) is 5.31. The molecule has 0 bridgehead atoms. The second-order valence-electron chi connectivity index (χ2n) is 11.4. The molecule has 1 N–H and O–H groups in total. The summed E-state index contributed by atoms with van der Waals surface area (Å²) in [7, 11) is 0. The molecule has 2 aromatic rings. The highest BCUT2D eigenvalue weighted by Gasteiger charge is 2.40. The summed E-state index contributed by atoms with van der Waals surface area (Å²) < 4.78 is 36.4. The molecule has 8 nitrogen and oxygen atoms in total. The molecule has 0 saturated carbocycles. The Balaban J connectivity index is 1.31. The number of amides is 3. The van der Waals surface area contributed by atoms with Gasteiger partial charge in [-0.25, -0.2) is 4.39 Å². The van der Waals surface area contributed by atoms with E-state index in [2.05, 4.69) is 10.2 Å². The van der Waals surface area contributed by atoms with Crippen molar-refractivity contribution in [2.24, 2.45) is 0 Å². The number of carbonyl (C=O) groups is 3. The zero-order valence-corrected chi connectivity index (χ0v) is 22.2. The van der Waals surface area contributed by atoms with Gasteiger partial charge in [-0.05, 0) is 46.2 Å². The van der Waals surface area contributed by atoms with Gasteiger partial charge in [-0.15, -0.1) is 0 Å². The van der Waals surface area contributed by atoms with Gasteiger partial charge in [0.2, 0.25) is 11.8 Å². The zero-order valence-electron chi connectivity index (χ0n) is 23.2. The van der Waals surface area contributed by atoms with Gasteiger partial charge in [-0.2, -0.15) is 0 Å². The molecule has 0 spiro atoms. The minimum absolute atomic E-state index is 0.0133. The fraction of sp³-hybridized carbons (Fsp3) is 0.483. The normalized spacial score (nSPS) is 25.1. The topological polar surface area (TPSA) is 88.2 Å². The van der Waals surface area contributed by atoms with E-state index in [4.69, 9.17) is 10.8 Å². The second kappa shape index (κ2) is 9.78. The Morgan fingerprint density at radius 1 is 1.08 bits per heavy atom. The maximum Gasteiger partial charge on any atom is 0.255 e. The number of fused-ring (bicyclic) bond motifs is 1. The molecular formula is C29H34FN3O5. The summed E-state index contributed by atoms with van der Waals surface area (Å²) in [6.07, 6.45) is -0.100. The first-order valence-electron chi connectivity index (χ1n) is 13.4. The van der Waals surface area contributed by atoms with E-state index in [1.165, 1.54) is 4.90 Å². The van der Waals surface area contributed by atoms with E-state index in [0.29, 0.717) is 47.6 Å². The van der Waals surface area contributed by atoms with Crippen molar-refractivity contribution >= 4 is 17.7 Å². The van der Waals surface area contributed by atoms with Gasteiger partial charge in [-0.1, -0.05) is 24.3 Å². The number of morpholine rings is 1. The van der Waals surface area contributed by atoms with E-state index < -0.39 is 23.7 Å². The lowest BCUT2D eigenvalue weighted by atomic mass is 9.98. The quantitative estimate of drug-likeness (QED) is 0.582. The van der Waals surface area contributed by atoms with Crippen LogP contribution in [0.3, 0.4) is 0 Å². The Morgan fingerprint density at radius 3 is 2.47 bits per heavy atom. The van der Waals surface area contributed by atoms with E-state index in [1.807, 2.05) is 27.7 Å². The Hall–Kier alpha value is -3.30. The predicted molar refractivity (Wildman–Crippen MR) is 138 cm³/mol. The van der Waals surface area contributed by atoms with E-state index in [0.717, 1.165) is 0 Å². The van der Waals surface area contributed by atoms with Crippen LogP contribution in [0.4, 0.5) is 4.39 Å². The molecule has 2 fully saturated rings. The van der Waals surface area contributed by atoms with Crippen LogP contribution >= 0.6 is 0 Å². The number of hydrogen-bond donors (Lipinski definition) is 1. The number of piperidine rings is 1. The van der Waals surface area contributed by atoms with Crippen LogP contribution in [0, 0.1) is 5.82 Å². The number of hydrogen-bond acceptors (Lipinski definition) is 6. The van der Waals surface area contributed by atoms with Gasteiger partial charge in [0.1, 0.15) is 24.2 Å². The molecule has 202 valence electrons. The summed E-state index contributed by atoms with van der Waals surface area (Å²) >= 11 is 0. The van der Waals surface area contributed by atoms with Crippen LogP contribution in [0.5, 0.6) is 5.75 Å². The van der Waals surface area contributed by atoms with Crippen molar-refractivity contribution < 1.29 is 29.6 Å². The van der Waals surface area contributed by atoms with Gasteiger partial charge >= 0.3 is 0 Å². The molecule has 3 amide bonds. The Bertz CT molecular complexity index is 1330. The van der Waals surface area contributed by atoms with Gasteiger partial charge in [0, 0.05) is 48.3 Å². The average Bonchev–Trinajstić information content (AvgIpc) is 3.18. The smallest absolute Gasteiger partial charge is 0.255 e. The van der Waals surface area contributed by atoms with Crippen molar-refractivity contribution in [2.45, 2.75) is 77.5 Å². The van der Waals surface area contributed by atoms with Gasteiger partial charge in [-0.3, -0.25) is 24.6 Å². The molecule has 38 heavy (non-hydrogen) atoms. The van der Waals surface area contributed by atoms with Gasteiger partial charge in [0.15, 0.2) is 0 Å². The van der Waals surface area contributed by atoms with Crippen LogP contribution in [0.15, 0.2) is 36.4 Å². The van der Waals surface area contributed by atoms with E-state index >= 15 is 4.39 Å². The number of benzene rings is 2. The first kappa shape index (κ1) is 25.0. The highest BCUT2D eigenvalue weighted by atomic mass is 19.1. The molecule has 3 aliphatic heterocycles. The Morgan fingerprint density at radius 2 is 1.76 bits per heavy atom. The van der Waals surface area contributed by atoms with Crippen LogP contribution in [0.2, 0.25) is 0 Å². The highest BCUT2D eigenvalue weighted by Crippen LogP contribution is 2.34. The van der Waals surface area contributed by atoms with Gasteiger partial charge < -0.3 is 14.4 Å². The van der Waals surface area contributed by atoms with Gasteiger partial charge in [0.25, 0.3) is 5.91 Å². The van der Waals surface area contributed by atoms with Crippen molar-refractivity contribution in [1.29, 1.82) is 0 Å². The molecule has 1 atom stereocenters. The summed E-state index contributed by atoms with van der Waals surface area (Å²) in [5.41, 5.74) is 1.13. The van der Waals surface area contributed by atoms with Gasteiger partial charge in [0.05, 0.1) is 19.1 Å². The standard InChI is InChI=1S/C29H34FN3O5/c1-28(2)16-32(17-29(3,4)38-28)13-18-7-5-8-19(25(18)30)15-37-23-10-6-9-20-21(23)14-33(27(20)36)22-11-12-24(34)31-26(22)35/h5-10,22H,11-17H2,1-4H3,(H,31,34,35)/i22D. The number of halogens is 1. The average molecular weight is 525 g/mol. The Kier molecular flexibility index (Phi) is 6.44. The Labute approximate surface area is 223 Å². The molecule has 0 radical (unpaired) electrons. The molecule has 0 aromatic heterocycles. The lowest BCUT2D eigenvalue weighted by Crippen LogP contribution is -2.56. The molecule has 2 aromatic carbocycles. The molecule has 5 rings (SSSR count). The summed E-state index contributed by atoms with van der Waals surface area (Å²) in [6, 6.07) is 8.34. The van der Waals surface area contributed by atoms with Crippen molar-refractivity contribution in [2.75, 3.05) is 13.1 Å². The largest absolute Gasteiger partial charge is 0.488 e. The summed E-state index contributed by atoms with van der Waals surface area (Å²) in [5, 5.41) is 2.16. The molecule has 2 saturated heterocycles. The molecule has 3 aliphatic rings. The monoisotopic (exact) mass is 524 g/mol. The van der Waals surface area contributed by atoms with Crippen LogP contribution < -0.4 is 10.1 Å². The molecule has 0 aliphatic carbocycles. The fourth-order valence-electron chi connectivity index (χ4n) is 5.84. The highest BCUT2D eigenvalue weighted by molar-refractivity contribution is 6.05. The van der Waals surface area contributed by atoms with Crippen molar-refractivity contribution in [3.63, 3.8) is 0 Å². The lowest BCUT2D eigenvalue weighted by Gasteiger charge is -2.47. The first-order valence-corrected chi connectivity index (χ1v) is 12.9. The maximum atomic E-state index is 15.6. The first-order chi connectivity index (χ1) is 18.3. The molecule has 3 heterocycles. The van der Waals surface area contributed by atoms with E-state index in [9.17, 15) is 14.4 Å². The van der Waals surface area contributed by atoms with E-state index in [-0.39, 0.29) is 43.0 Å². The van der Waals surface area contributed by atoms with Crippen LogP contribution in [0.25, 0.3) is 0 Å². The van der Waals surface area contributed by atoms with Crippen LogP contribution in [-0.4, -0.2) is 57.8 Å². The predicted octanol–water partition coefficient (Wildman–Crippen LogP) is 3.56. The number of nitrogens with one attached hydrogen (secondary N) is 1. The lowest BCUT2D eigenvalue weighted by molar-refractivity contribution is -0.182. The number of carbonyl (C=O) groups excluding carboxylic acids is 3. The summed E-state index contributed by atoms with van der Waals surface area (Å²) in [6.45, 7) is 9.88. The fourth-order valence-corrected chi connectivity index (χ4v) is 5.84. The number of rotatable bonds is 6. The summed E-state index contributed by atoms with van der Waals surface area (Å²) in [4.78, 5) is 40.6. The third-order valence-electron chi connectivity index (χ3n) is 7.05. The van der Waals surface area contributed by atoms with Crippen LogP contribution in [0.1, 0.15) is 69.0 Å². The van der Waals surface area contributed by atoms with E-state index in [1.54, 1.807) is 36.4 Å². The van der Waals surface area contributed by atoms with Crippen molar-refractivity contribution in [3.8, 4) is 5.75 Å². The minimum Gasteiger partial charge on any atom is -0.488 e. The molecule has 9 heteroatoms. The SMILES string of the molecule is [2H]C1(N2Cc3c(OCc4cccc(CN5CC(C)(C)OC(C)(C)C5)c4F)cccc3C2=O)CCC(=O)NC1=O. The van der Waals surface area contributed by atoms with Crippen molar-refractivity contribution in [3.05, 3.63) is 64.5 Å². The van der Waals surface area contributed by atoms with Crippen LogP contribution in [-0.2, 0) is 34.0 Å². The summed E-state index contributed by atoms with van der Waals surface area (Å²) in [5.74, 6) is -1.69. The third-order valence-corrected chi connectivity index (χ3v) is 7.05. The number of imide groups is 1. The zero-order chi connectivity index (χ0) is 28.2. The molecule has 1 unspecified atom stereocenters.